The number of benzene rings is 1. The van der Waals surface area contributed by atoms with Gasteiger partial charge < -0.3 is 14.2 Å². The molecule has 1 aliphatic heterocycles. The SMILES string of the molecule is CC(C)CC(=O)N1CCCCCCCCN(C(=O)CCc2nnc(C(C)C)o2)Cc2ccccc21. The van der Waals surface area contributed by atoms with Crippen LogP contribution >= 0.6 is 0 Å². The summed E-state index contributed by atoms with van der Waals surface area (Å²) in [5.41, 5.74) is 1.96. The Kier molecular flexibility index (Phi) is 10.3. The normalized spacial score (nSPS) is 15.9. The largest absolute Gasteiger partial charge is 0.425 e. The number of aryl methyl sites for hydroxylation is 1. The van der Waals surface area contributed by atoms with Crippen molar-refractivity contribution in [1.29, 1.82) is 0 Å². The van der Waals surface area contributed by atoms with E-state index in [0.717, 1.165) is 56.3 Å². The summed E-state index contributed by atoms with van der Waals surface area (Å²) in [5, 5.41) is 8.19. The minimum absolute atomic E-state index is 0.0824. The van der Waals surface area contributed by atoms with Crippen molar-refractivity contribution in [2.24, 2.45) is 5.92 Å². The third-order valence-corrected chi connectivity index (χ3v) is 6.47. The van der Waals surface area contributed by atoms with Crippen LogP contribution in [0.3, 0.4) is 0 Å². The summed E-state index contributed by atoms with van der Waals surface area (Å²) in [4.78, 5) is 30.4. The first-order chi connectivity index (χ1) is 16.8. The van der Waals surface area contributed by atoms with E-state index in [1.165, 1.54) is 0 Å². The first kappa shape index (κ1) is 26.9. The molecule has 0 aliphatic carbocycles. The lowest BCUT2D eigenvalue weighted by molar-refractivity contribution is -0.132. The van der Waals surface area contributed by atoms with Crippen molar-refractivity contribution >= 4 is 17.5 Å². The van der Waals surface area contributed by atoms with Gasteiger partial charge in [0.2, 0.25) is 23.6 Å². The second-order valence-corrected chi connectivity index (χ2v) is 10.4. The zero-order valence-electron chi connectivity index (χ0n) is 22.0. The van der Waals surface area contributed by atoms with Gasteiger partial charge in [-0.1, -0.05) is 71.6 Å². The Morgan fingerprint density at radius 2 is 1.60 bits per heavy atom. The summed E-state index contributed by atoms with van der Waals surface area (Å²) in [6.45, 7) is 10.1. The van der Waals surface area contributed by atoms with E-state index in [2.05, 4.69) is 30.1 Å². The first-order valence-electron chi connectivity index (χ1n) is 13.3. The Morgan fingerprint density at radius 3 is 2.29 bits per heavy atom. The summed E-state index contributed by atoms with van der Waals surface area (Å²) in [6, 6.07) is 8.07. The molecule has 0 N–H and O–H groups in total. The van der Waals surface area contributed by atoms with Crippen molar-refractivity contribution in [2.45, 2.75) is 97.9 Å². The molecule has 0 fully saturated rings. The number of para-hydroxylation sites is 1. The number of aromatic nitrogens is 2. The van der Waals surface area contributed by atoms with Gasteiger partial charge in [-0.2, -0.15) is 0 Å². The average molecular weight is 483 g/mol. The molecule has 1 aromatic heterocycles. The molecule has 35 heavy (non-hydrogen) atoms. The second-order valence-electron chi connectivity index (χ2n) is 10.4. The van der Waals surface area contributed by atoms with Crippen LogP contribution in [0.4, 0.5) is 5.69 Å². The molecule has 0 radical (unpaired) electrons. The fourth-order valence-electron chi connectivity index (χ4n) is 4.50. The van der Waals surface area contributed by atoms with Crippen LogP contribution in [0.1, 0.15) is 102 Å². The first-order valence-corrected chi connectivity index (χ1v) is 13.3. The van der Waals surface area contributed by atoms with Gasteiger partial charge >= 0.3 is 0 Å². The van der Waals surface area contributed by atoms with Gasteiger partial charge in [-0.15, -0.1) is 10.2 Å². The topological polar surface area (TPSA) is 79.5 Å². The number of anilines is 1. The lowest BCUT2D eigenvalue weighted by Gasteiger charge is -2.29. The Labute approximate surface area is 210 Å². The summed E-state index contributed by atoms with van der Waals surface area (Å²) < 4.78 is 5.70. The molecule has 0 atom stereocenters. The molecule has 7 heteroatoms. The van der Waals surface area contributed by atoms with E-state index in [4.69, 9.17) is 4.42 Å². The molecule has 0 bridgehead atoms. The molecule has 0 spiro atoms. The van der Waals surface area contributed by atoms with Gasteiger partial charge in [0.25, 0.3) is 0 Å². The zero-order chi connectivity index (χ0) is 25.2. The van der Waals surface area contributed by atoms with Crippen LogP contribution in [0.5, 0.6) is 0 Å². The summed E-state index contributed by atoms with van der Waals surface area (Å²) in [5.74, 6) is 1.84. The van der Waals surface area contributed by atoms with E-state index in [1.54, 1.807) is 0 Å². The minimum Gasteiger partial charge on any atom is -0.425 e. The Bertz CT molecular complexity index is 953. The third kappa shape index (κ3) is 8.18. The molecular formula is C28H42N4O3. The van der Waals surface area contributed by atoms with E-state index in [-0.39, 0.29) is 17.7 Å². The Hall–Kier alpha value is -2.70. The smallest absolute Gasteiger partial charge is 0.227 e. The van der Waals surface area contributed by atoms with Gasteiger partial charge in [-0.3, -0.25) is 9.59 Å². The van der Waals surface area contributed by atoms with Crippen LogP contribution in [0.15, 0.2) is 28.7 Å². The van der Waals surface area contributed by atoms with Crippen molar-refractivity contribution < 1.29 is 14.0 Å². The monoisotopic (exact) mass is 482 g/mol. The van der Waals surface area contributed by atoms with E-state index < -0.39 is 0 Å². The molecule has 1 aliphatic rings. The maximum absolute atomic E-state index is 13.3. The van der Waals surface area contributed by atoms with Gasteiger partial charge in [0, 0.05) is 50.5 Å². The number of hydrogen-bond donors (Lipinski definition) is 0. The van der Waals surface area contributed by atoms with Gasteiger partial charge in [-0.25, -0.2) is 0 Å². The van der Waals surface area contributed by atoms with Crippen molar-refractivity contribution in [2.75, 3.05) is 18.0 Å². The van der Waals surface area contributed by atoms with Gasteiger partial charge in [-0.05, 0) is 30.4 Å². The predicted octanol–water partition coefficient (Wildman–Crippen LogP) is 5.89. The van der Waals surface area contributed by atoms with Crippen LogP contribution in [0.2, 0.25) is 0 Å². The van der Waals surface area contributed by atoms with Crippen LogP contribution in [-0.4, -0.2) is 40.0 Å². The average Bonchev–Trinajstić information content (AvgIpc) is 3.30. The number of rotatable bonds is 6. The maximum Gasteiger partial charge on any atom is 0.227 e. The minimum atomic E-state index is 0.0824. The maximum atomic E-state index is 13.3. The second kappa shape index (κ2) is 13.4. The summed E-state index contributed by atoms with van der Waals surface area (Å²) >= 11 is 0. The molecular weight excluding hydrogens is 440 g/mol. The van der Waals surface area contributed by atoms with Crippen LogP contribution in [0.25, 0.3) is 0 Å². The lowest BCUT2D eigenvalue weighted by Crippen LogP contribution is -2.35. The number of carbonyl (C=O) groups is 2. The number of hydrogen-bond acceptors (Lipinski definition) is 5. The summed E-state index contributed by atoms with van der Waals surface area (Å²) in [7, 11) is 0. The van der Waals surface area contributed by atoms with Crippen molar-refractivity contribution in [3.05, 3.63) is 41.6 Å². The molecule has 2 aromatic rings. The third-order valence-electron chi connectivity index (χ3n) is 6.47. The van der Waals surface area contributed by atoms with E-state index >= 15 is 0 Å². The highest BCUT2D eigenvalue weighted by Crippen LogP contribution is 2.26. The Morgan fingerprint density at radius 1 is 0.914 bits per heavy atom. The highest BCUT2D eigenvalue weighted by atomic mass is 16.4. The van der Waals surface area contributed by atoms with E-state index in [1.807, 2.05) is 41.8 Å². The van der Waals surface area contributed by atoms with E-state index in [0.29, 0.717) is 50.1 Å². The highest BCUT2D eigenvalue weighted by Gasteiger charge is 2.22. The molecule has 1 aromatic carbocycles. The molecule has 2 heterocycles. The standard InChI is InChI=1S/C28H42N4O3/c1-21(2)19-27(34)32-18-12-8-6-5-7-11-17-31(20-23-13-9-10-14-24(23)32)26(33)16-15-25-29-30-28(35-25)22(3)4/h9-10,13-14,21-22H,5-8,11-12,15-20H2,1-4H3. The van der Waals surface area contributed by atoms with Crippen molar-refractivity contribution in [3.8, 4) is 0 Å². The fraction of sp³-hybridized carbons (Fsp3) is 0.643. The zero-order valence-corrected chi connectivity index (χ0v) is 22.0. The van der Waals surface area contributed by atoms with Crippen molar-refractivity contribution in [3.63, 3.8) is 0 Å². The molecule has 7 nitrogen and oxygen atoms in total. The van der Waals surface area contributed by atoms with Crippen molar-refractivity contribution in [1.82, 2.24) is 15.1 Å². The molecule has 0 unspecified atom stereocenters. The van der Waals surface area contributed by atoms with Crippen LogP contribution in [0, 0.1) is 5.92 Å². The number of nitrogens with zero attached hydrogens (tertiary/aromatic N) is 4. The summed E-state index contributed by atoms with van der Waals surface area (Å²) in [6.07, 6.45) is 7.85. The van der Waals surface area contributed by atoms with Gasteiger partial charge in [0.15, 0.2) is 0 Å². The predicted molar refractivity (Wildman–Crippen MR) is 138 cm³/mol. The van der Waals surface area contributed by atoms with E-state index in [9.17, 15) is 9.59 Å². The number of amides is 2. The molecule has 3 rings (SSSR count). The molecule has 0 saturated carbocycles. The van der Waals surface area contributed by atoms with Gasteiger partial charge in [0.05, 0.1) is 0 Å². The molecule has 192 valence electrons. The van der Waals surface area contributed by atoms with Crippen LogP contribution < -0.4 is 4.90 Å². The van der Waals surface area contributed by atoms with Gasteiger partial charge in [0.1, 0.15) is 0 Å². The quantitative estimate of drug-likeness (QED) is 0.513. The lowest BCUT2D eigenvalue weighted by atomic mass is 10.1. The fourth-order valence-corrected chi connectivity index (χ4v) is 4.50. The van der Waals surface area contributed by atoms with Crippen LogP contribution in [-0.2, 0) is 22.6 Å². The highest BCUT2D eigenvalue weighted by molar-refractivity contribution is 5.94. The molecule has 0 saturated heterocycles. The number of carbonyl (C=O) groups excluding carboxylic acids is 2. The molecule has 2 amide bonds. The number of fused-ring (bicyclic) bond motifs is 1. The Balaban J connectivity index is 1.79.